The van der Waals surface area contributed by atoms with Gasteiger partial charge in [-0.3, -0.25) is 4.79 Å². The van der Waals surface area contributed by atoms with Gasteiger partial charge in [0.1, 0.15) is 5.56 Å². The zero-order chi connectivity index (χ0) is 18.3. The van der Waals surface area contributed by atoms with Gasteiger partial charge in [-0.05, 0) is 44.5 Å². The highest BCUT2D eigenvalue weighted by Crippen LogP contribution is 2.24. The van der Waals surface area contributed by atoms with E-state index in [1.807, 2.05) is 32.9 Å². The van der Waals surface area contributed by atoms with Crippen LogP contribution in [0.2, 0.25) is 10.0 Å². The van der Waals surface area contributed by atoms with Gasteiger partial charge in [-0.2, -0.15) is 5.10 Å². The minimum absolute atomic E-state index is 0.129. The predicted molar refractivity (Wildman–Crippen MR) is 99.5 cm³/mol. The Labute approximate surface area is 156 Å². The van der Waals surface area contributed by atoms with Crippen molar-refractivity contribution < 1.29 is 4.79 Å². The van der Waals surface area contributed by atoms with Crippen LogP contribution in [0.5, 0.6) is 0 Å². The van der Waals surface area contributed by atoms with Crippen molar-refractivity contribution in [2.24, 2.45) is 0 Å². The number of hydrogen-bond acceptors (Lipinski definition) is 3. The first-order valence-electron chi connectivity index (χ1n) is 7.81. The van der Waals surface area contributed by atoms with Gasteiger partial charge in [-0.1, -0.05) is 29.3 Å². The molecule has 2 heterocycles. The number of halogens is 2. The first-order chi connectivity index (χ1) is 11.8. The molecule has 0 aliphatic carbocycles. The largest absolute Gasteiger partial charge is 0.337 e. The second-order valence-corrected chi connectivity index (χ2v) is 6.96. The maximum absolute atomic E-state index is 13.0. The molecule has 0 aliphatic heterocycles. The van der Waals surface area contributed by atoms with Crippen LogP contribution in [0.25, 0.3) is 5.65 Å². The first kappa shape index (κ1) is 17.7. The molecule has 3 rings (SSSR count). The lowest BCUT2D eigenvalue weighted by Gasteiger charge is -2.17. The summed E-state index contributed by atoms with van der Waals surface area (Å²) < 4.78 is 1.71. The quantitative estimate of drug-likeness (QED) is 0.686. The highest BCUT2D eigenvalue weighted by Gasteiger charge is 2.22. The summed E-state index contributed by atoms with van der Waals surface area (Å²) in [6.45, 7) is 6.09. The van der Waals surface area contributed by atoms with E-state index in [9.17, 15) is 4.79 Å². The Kier molecular flexibility index (Phi) is 4.71. The van der Waals surface area contributed by atoms with Crippen molar-refractivity contribution in [1.82, 2.24) is 19.5 Å². The van der Waals surface area contributed by atoms with E-state index in [2.05, 4.69) is 10.1 Å². The molecule has 3 aromatic rings. The second-order valence-electron chi connectivity index (χ2n) is 6.14. The van der Waals surface area contributed by atoms with E-state index in [4.69, 9.17) is 23.2 Å². The van der Waals surface area contributed by atoms with E-state index >= 15 is 0 Å². The van der Waals surface area contributed by atoms with Crippen LogP contribution in [0.3, 0.4) is 0 Å². The van der Waals surface area contributed by atoms with Gasteiger partial charge in [0.2, 0.25) is 0 Å². The van der Waals surface area contributed by atoms with E-state index in [-0.39, 0.29) is 5.91 Å². The molecule has 25 heavy (non-hydrogen) atoms. The van der Waals surface area contributed by atoms with E-state index < -0.39 is 0 Å². The van der Waals surface area contributed by atoms with Crippen LogP contribution in [-0.4, -0.2) is 32.5 Å². The van der Waals surface area contributed by atoms with Gasteiger partial charge in [0.05, 0.1) is 15.7 Å². The van der Waals surface area contributed by atoms with Crippen LogP contribution in [0.1, 0.15) is 33.0 Å². The molecule has 0 N–H and O–H groups in total. The fraction of sp³-hybridized carbons (Fsp3) is 0.278. The van der Waals surface area contributed by atoms with Crippen molar-refractivity contribution in [3.8, 4) is 0 Å². The molecule has 5 nitrogen and oxygen atoms in total. The van der Waals surface area contributed by atoms with Crippen LogP contribution in [0.4, 0.5) is 0 Å². The maximum atomic E-state index is 13.0. The lowest BCUT2D eigenvalue weighted by Crippen LogP contribution is -2.26. The van der Waals surface area contributed by atoms with Crippen molar-refractivity contribution in [1.29, 1.82) is 0 Å². The van der Waals surface area contributed by atoms with Crippen LogP contribution < -0.4 is 0 Å². The summed E-state index contributed by atoms with van der Waals surface area (Å²) in [6, 6.07) is 7.29. The molecule has 2 aromatic heterocycles. The van der Waals surface area contributed by atoms with Gasteiger partial charge in [-0.25, -0.2) is 9.50 Å². The van der Waals surface area contributed by atoms with Crippen molar-refractivity contribution in [2.45, 2.75) is 27.3 Å². The third-order valence-corrected chi connectivity index (χ3v) is 4.77. The smallest absolute Gasteiger partial charge is 0.259 e. The summed E-state index contributed by atoms with van der Waals surface area (Å²) >= 11 is 12.0. The predicted octanol–water partition coefficient (Wildman–Crippen LogP) is 4.23. The zero-order valence-corrected chi connectivity index (χ0v) is 16.0. The molecule has 0 saturated carbocycles. The Morgan fingerprint density at radius 1 is 1.16 bits per heavy atom. The molecule has 0 atom stereocenters. The lowest BCUT2D eigenvalue weighted by atomic mass is 10.1. The number of amides is 1. The van der Waals surface area contributed by atoms with Crippen molar-refractivity contribution in [3.63, 3.8) is 0 Å². The molecule has 0 bridgehead atoms. The molecule has 0 saturated heterocycles. The van der Waals surface area contributed by atoms with E-state index in [1.165, 1.54) is 0 Å². The average Bonchev–Trinajstić information content (AvgIpc) is 2.86. The fourth-order valence-electron chi connectivity index (χ4n) is 2.85. The van der Waals surface area contributed by atoms with E-state index in [0.717, 1.165) is 17.0 Å². The molecule has 0 radical (unpaired) electrons. The second kappa shape index (κ2) is 6.65. The normalized spacial score (nSPS) is 11.1. The third kappa shape index (κ3) is 3.34. The first-order valence-corrected chi connectivity index (χ1v) is 8.56. The number of carbonyl (C=O) groups is 1. The van der Waals surface area contributed by atoms with Crippen molar-refractivity contribution >= 4 is 34.8 Å². The Hall–Kier alpha value is -2.11. The monoisotopic (exact) mass is 376 g/mol. The zero-order valence-electron chi connectivity index (χ0n) is 14.5. The lowest BCUT2D eigenvalue weighted by molar-refractivity contribution is 0.0786. The van der Waals surface area contributed by atoms with Gasteiger partial charge in [-0.15, -0.1) is 0 Å². The van der Waals surface area contributed by atoms with Crippen molar-refractivity contribution in [2.75, 3.05) is 7.05 Å². The van der Waals surface area contributed by atoms with Crippen molar-refractivity contribution in [3.05, 3.63) is 62.5 Å². The molecule has 130 valence electrons. The Bertz CT molecular complexity index is 981. The summed E-state index contributed by atoms with van der Waals surface area (Å²) in [4.78, 5) is 19.1. The highest BCUT2D eigenvalue weighted by atomic mass is 35.5. The number of rotatable bonds is 3. The van der Waals surface area contributed by atoms with Crippen LogP contribution in [0, 0.1) is 20.8 Å². The minimum Gasteiger partial charge on any atom is -0.337 e. The van der Waals surface area contributed by atoms with Crippen LogP contribution in [0.15, 0.2) is 24.3 Å². The number of carbonyl (C=O) groups excluding carboxylic acids is 1. The Morgan fingerprint density at radius 3 is 2.56 bits per heavy atom. The maximum Gasteiger partial charge on any atom is 0.259 e. The highest BCUT2D eigenvalue weighted by molar-refractivity contribution is 6.42. The Balaban J connectivity index is 1.96. The molecule has 7 heteroatoms. The topological polar surface area (TPSA) is 50.5 Å². The molecular weight excluding hydrogens is 359 g/mol. The van der Waals surface area contributed by atoms with Gasteiger partial charge >= 0.3 is 0 Å². The summed E-state index contributed by atoms with van der Waals surface area (Å²) in [7, 11) is 1.75. The van der Waals surface area contributed by atoms with Crippen LogP contribution >= 0.6 is 23.2 Å². The third-order valence-electron chi connectivity index (χ3n) is 4.03. The van der Waals surface area contributed by atoms with E-state index in [1.54, 1.807) is 28.6 Å². The molecule has 1 amide bonds. The SMILES string of the molecule is Cc1cc(C)n2nc(C)c(C(=O)N(C)Cc3ccc(Cl)c(Cl)c3)c2n1. The molecule has 0 spiro atoms. The standard InChI is InChI=1S/C18H18Cl2N4O/c1-10-7-11(2)24-17(21-10)16(12(3)22-24)18(25)23(4)9-13-5-6-14(19)15(20)8-13/h5-8H,9H2,1-4H3. The number of fused-ring (bicyclic) bond motifs is 1. The molecule has 0 fully saturated rings. The summed E-state index contributed by atoms with van der Waals surface area (Å²) in [5.74, 6) is -0.129. The number of benzene rings is 1. The van der Waals surface area contributed by atoms with Gasteiger partial charge in [0.25, 0.3) is 5.91 Å². The fourth-order valence-corrected chi connectivity index (χ4v) is 3.17. The van der Waals surface area contributed by atoms with Crippen LogP contribution in [-0.2, 0) is 6.54 Å². The summed E-state index contributed by atoms with van der Waals surface area (Å²) in [5, 5.41) is 5.42. The molecular formula is C18H18Cl2N4O. The summed E-state index contributed by atoms with van der Waals surface area (Å²) in [5.41, 5.74) is 4.46. The van der Waals surface area contributed by atoms with Gasteiger partial charge < -0.3 is 4.90 Å². The molecule has 0 unspecified atom stereocenters. The number of nitrogens with zero attached hydrogens (tertiary/aromatic N) is 4. The molecule has 0 aliphatic rings. The minimum atomic E-state index is -0.129. The average molecular weight is 377 g/mol. The number of aryl methyl sites for hydroxylation is 3. The van der Waals surface area contributed by atoms with E-state index in [0.29, 0.717) is 33.5 Å². The van der Waals surface area contributed by atoms with Gasteiger partial charge in [0, 0.05) is 25.0 Å². The number of hydrogen-bond donors (Lipinski definition) is 0. The molecule has 1 aromatic carbocycles. The Morgan fingerprint density at radius 2 is 1.88 bits per heavy atom. The summed E-state index contributed by atoms with van der Waals surface area (Å²) in [6.07, 6.45) is 0. The van der Waals surface area contributed by atoms with Gasteiger partial charge in [0.15, 0.2) is 5.65 Å². The number of aromatic nitrogens is 3.